The lowest BCUT2D eigenvalue weighted by molar-refractivity contribution is -0.384. The van der Waals surface area contributed by atoms with Crippen LogP contribution in [0.5, 0.6) is 0 Å². The molecule has 3 rings (SSSR count). The first-order valence-electron chi connectivity index (χ1n) is 7.84. The van der Waals surface area contributed by atoms with E-state index in [4.69, 9.17) is 5.73 Å². The Morgan fingerprint density at radius 3 is 2.76 bits per heavy atom. The highest BCUT2D eigenvalue weighted by atomic mass is 32.1. The molecule has 3 aromatic rings. The molecule has 0 aliphatic carbocycles. The minimum Gasteiger partial charge on any atom is -0.397 e. The molecule has 0 unspecified atom stereocenters. The Labute approximate surface area is 148 Å². The predicted molar refractivity (Wildman–Crippen MR) is 99.1 cm³/mol. The number of ketones is 1. The summed E-state index contributed by atoms with van der Waals surface area (Å²) in [6, 6.07) is 9.47. The van der Waals surface area contributed by atoms with E-state index >= 15 is 0 Å². The van der Waals surface area contributed by atoms with E-state index in [9.17, 15) is 14.9 Å². The highest BCUT2D eigenvalue weighted by Crippen LogP contribution is 2.34. The highest BCUT2D eigenvalue weighted by molar-refractivity contribution is 7.21. The van der Waals surface area contributed by atoms with Gasteiger partial charge in [-0.25, -0.2) is 4.98 Å². The molecule has 0 atom stereocenters. The van der Waals surface area contributed by atoms with Gasteiger partial charge in [0.2, 0.25) is 5.78 Å². The zero-order valence-electron chi connectivity index (χ0n) is 13.9. The molecule has 7 heteroatoms. The number of non-ortho nitro benzene ring substituents is 1. The Morgan fingerprint density at radius 2 is 2.08 bits per heavy atom. The first kappa shape index (κ1) is 17.0. The number of benzene rings is 1. The average Bonchev–Trinajstić information content (AvgIpc) is 2.90. The second-order valence-electron chi connectivity index (χ2n) is 6.23. The van der Waals surface area contributed by atoms with E-state index in [1.54, 1.807) is 6.07 Å². The molecule has 2 aromatic heterocycles. The average molecular weight is 355 g/mol. The lowest BCUT2D eigenvalue weighted by Gasteiger charge is -2.03. The normalized spacial score (nSPS) is 11.2. The number of anilines is 1. The number of nitrogens with zero attached hydrogens (tertiary/aromatic N) is 2. The summed E-state index contributed by atoms with van der Waals surface area (Å²) in [5.41, 5.74) is 7.60. The lowest BCUT2D eigenvalue weighted by Crippen LogP contribution is -2.02. The summed E-state index contributed by atoms with van der Waals surface area (Å²) >= 11 is 1.23. The summed E-state index contributed by atoms with van der Waals surface area (Å²) in [6.45, 7) is 4.23. The monoisotopic (exact) mass is 355 g/mol. The van der Waals surface area contributed by atoms with Crippen LogP contribution in [-0.4, -0.2) is 15.7 Å². The molecular weight excluding hydrogens is 338 g/mol. The smallest absolute Gasteiger partial charge is 0.270 e. The van der Waals surface area contributed by atoms with Crippen molar-refractivity contribution in [2.24, 2.45) is 5.92 Å². The molecule has 0 saturated heterocycles. The van der Waals surface area contributed by atoms with Crippen LogP contribution in [0.3, 0.4) is 0 Å². The Kier molecular flexibility index (Phi) is 4.50. The van der Waals surface area contributed by atoms with Crippen molar-refractivity contribution in [3.63, 3.8) is 0 Å². The fraction of sp³-hybridized carbons (Fsp3) is 0.222. The van der Waals surface area contributed by atoms with Gasteiger partial charge in [-0.15, -0.1) is 11.3 Å². The lowest BCUT2D eigenvalue weighted by atomic mass is 10.1. The van der Waals surface area contributed by atoms with Crippen molar-refractivity contribution >= 4 is 38.7 Å². The van der Waals surface area contributed by atoms with Crippen LogP contribution >= 0.6 is 11.3 Å². The van der Waals surface area contributed by atoms with Crippen molar-refractivity contribution in [1.82, 2.24) is 4.98 Å². The first-order valence-corrected chi connectivity index (χ1v) is 8.65. The van der Waals surface area contributed by atoms with E-state index in [0.717, 1.165) is 17.5 Å². The number of nitrogens with two attached hydrogens (primary N) is 1. The van der Waals surface area contributed by atoms with Crippen molar-refractivity contribution in [3.8, 4) is 0 Å². The number of hydrogen-bond donors (Lipinski definition) is 1. The van der Waals surface area contributed by atoms with Crippen molar-refractivity contribution in [2.45, 2.75) is 20.3 Å². The number of fused-ring (bicyclic) bond motifs is 1. The van der Waals surface area contributed by atoms with Gasteiger partial charge in [-0.2, -0.15) is 0 Å². The molecule has 0 bridgehead atoms. The molecule has 0 fully saturated rings. The fourth-order valence-corrected chi connectivity index (χ4v) is 3.70. The number of carbonyl (C=O) groups is 1. The Hall–Kier alpha value is -2.80. The number of pyridine rings is 1. The van der Waals surface area contributed by atoms with Crippen LogP contribution in [0.2, 0.25) is 0 Å². The fourth-order valence-electron chi connectivity index (χ4n) is 2.63. The Bertz CT molecular complexity index is 979. The summed E-state index contributed by atoms with van der Waals surface area (Å²) in [5, 5.41) is 11.6. The maximum Gasteiger partial charge on any atom is 0.270 e. The van der Waals surface area contributed by atoms with Crippen LogP contribution in [0, 0.1) is 16.0 Å². The first-order chi connectivity index (χ1) is 11.9. The standard InChI is InChI=1S/C18H17N3O3S/c1-10(2)8-12-6-7-14-15(19)17(25-18(14)20-12)16(22)11-4-3-5-13(9-11)21(23)24/h3-7,9-10H,8,19H2,1-2H3. The predicted octanol–water partition coefficient (Wildman–Crippen LogP) is 4.22. The van der Waals surface area contributed by atoms with E-state index in [2.05, 4.69) is 18.8 Å². The van der Waals surface area contributed by atoms with Gasteiger partial charge in [0.05, 0.1) is 10.6 Å². The van der Waals surface area contributed by atoms with Gasteiger partial charge >= 0.3 is 0 Å². The van der Waals surface area contributed by atoms with E-state index < -0.39 is 4.92 Å². The second kappa shape index (κ2) is 6.60. The molecule has 0 amide bonds. The summed E-state index contributed by atoms with van der Waals surface area (Å²) in [6.07, 6.45) is 0.849. The zero-order valence-corrected chi connectivity index (χ0v) is 14.7. The van der Waals surface area contributed by atoms with E-state index in [-0.39, 0.29) is 17.0 Å². The molecule has 25 heavy (non-hydrogen) atoms. The summed E-state index contributed by atoms with van der Waals surface area (Å²) < 4.78 is 0. The zero-order chi connectivity index (χ0) is 18.1. The van der Waals surface area contributed by atoms with Crippen LogP contribution in [0.4, 0.5) is 11.4 Å². The van der Waals surface area contributed by atoms with Gasteiger partial charge in [-0.1, -0.05) is 26.0 Å². The summed E-state index contributed by atoms with van der Waals surface area (Å²) in [5.74, 6) is 0.155. The molecule has 6 nitrogen and oxygen atoms in total. The van der Waals surface area contributed by atoms with Crippen molar-refractivity contribution in [3.05, 3.63) is 62.6 Å². The number of carbonyl (C=O) groups excluding carboxylic acids is 1. The molecule has 0 saturated carbocycles. The minimum atomic E-state index is -0.523. The number of nitrogen functional groups attached to an aromatic ring is 1. The molecule has 0 spiro atoms. The van der Waals surface area contributed by atoms with Crippen LogP contribution in [0.15, 0.2) is 36.4 Å². The Balaban J connectivity index is 2.03. The highest BCUT2D eigenvalue weighted by Gasteiger charge is 2.20. The van der Waals surface area contributed by atoms with Gasteiger partial charge in [0.25, 0.3) is 5.69 Å². The van der Waals surface area contributed by atoms with Crippen molar-refractivity contribution < 1.29 is 9.72 Å². The molecule has 2 heterocycles. The number of rotatable bonds is 5. The minimum absolute atomic E-state index is 0.122. The van der Waals surface area contributed by atoms with Gasteiger partial charge < -0.3 is 5.73 Å². The maximum atomic E-state index is 12.8. The number of hydrogen-bond acceptors (Lipinski definition) is 6. The van der Waals surface area contributed by atoms with Crippen molar-refractivity contribution in [2.75, 3.05) is 5.73 Å². The maximum absolute atomic E-state index is 12.8. The summed E-state index contributed by atoms with van der Waals surface area (Å²) in [7, 11) is 0. The third-order valence-corrected chi connectivity index (χ3v) is 4.91. The molecule has 1 aromatic carbocycles. The molecule has 0 radical (unpaired) electrons. The topological polar surface area (TPSA) is 99.1 Å². The van der Waals surface area contributed by atoms with Crippen LogP contribution in [-0.2, 0) is 6.42 Å². The van der Waals surface area contributed by atoms with Crippen LogP contribution in [0.1, 0.15) is 34.8 Å². The van der Waals surface area contributed by atoms with E-state index in [0.29, 0.717) is 21.3 Å². The largest absolute Gasteiger partial charge is 0.397 e. The number of aromatic nitrogens is 1. The number of nitro groups is 1. The SMILES string of the molecule is CC(C)Cc1ccc2c(N)c(C(=O)c3cccc([N+](=O)[O-])c3)sc2n1. The molecule has 0 aliphatic rings. The number of thiophene rings is 1. The third-order valence-electron chi connectivity index (χ3n) is 3.79. The van der Waals surface area contributed by atoms with Gasteiger partial charge in [0, 0.05) is 28.8 Å². The van der Waals surface area contributed by atoms with E-state index in [1.807, 2.05) is 12.1 Å². The van der Waals surface area contributed by atoms with Crippen LogP contribution in [0.25, 0.3) is 10.2 Å². The molecular formula is C18H17N3O3S. The molecule has 128 valence electrons. The van der Waals surface area contributed by atoms with Gasteiger partial charge in [-0.3, -0.25) is 14.9 Å². The molecule has 2 N–H and O–H groups in total. The summed E-state index contributed by atoms with van der Waals surface area (Å²) in [4.78, 5) is 28.8. The van der Waals surface area contributed by atoms with Crippen LogP contribution < -0.4 is 5.73 Å². The second-order valence-corrected chi connectivity index (χ2v) is 7.23. The van der Waals surface area contributed by atoms with Gasteiger partial charge in [0.1, 0.15) is 9.71 Å². The van der Waals surface area contributed by atoms with E-state index in [1.165, 1.54) is 29.5 Å². The quantitative estimate of drug-likeness (QED) is 0.420. The Morgan fingerprint density at radius 1 is 1.32 bits per heavy atom. The molecule has 0 aliphatic heterocycles. The van der Waals surface area contributed by atoms with Crippen molar-refractivity contribution in [1.29, 1.82) is 0 Å². The third kappa shape index (κ3) is 3.36. The number of nitro benzene ring substituents is 1. The van der Waals surface area contributed by atoms with Gasteiger partial charge in [-0.05, 0) is 24.5 Å². The van der Waals surface area contributed by atoms with Gasteiger partial charge in [0.15, 0.2) is 0 Å².